The monoisotopic (exact) mass is 197 g/mol. The zero-order valence-electron chi connectivity index (χ0n) is 8.74. The van der Waals surface area contributed by atoms with Crippen molar-refractivity contribution in [3.63, 3.8) is 0 Å². The molecule has 2 N–H and O–H groups in total. The second kappa shape index (κ2) is 3.89. The average molecular weight is 197 g/mol. The van der Waals surface area contributed by atoms with Gasteiger partial charge >= 0.3 is 5.97 Å². The number of hydrogen-bond donors (Lipinski definition) is 1. The van der Waals surface area contributed by atoms with Gasteiger partial charge in [-0.1, -0.05) is 6.42 Å². The fraction of sp³-hybridized carbons (Fsp3) is 0.909. The summed E-state index contributed by atoms with van der Waals surface area (Å²) >= 11 is 0. The Bertz CT molecular complexity index is 223. The zero-order chi connectivity index (χ0) is 10.1. The molecular weight excluding hydrogens is 178 g/mol. The van der Waals surface area contributed by atoms with Gasteiger partial charge in [0.15, 0.2) is 0 Å². The van der Waals surface area contributed by atoms with Crippen molar-refractivity contribution in [1.82, 2.24) is 0 Å². The molecule has 0 spiro atoms. The topological polar surface area (TPSA) is 52.3 Å². The van der Waals surface area contributed by atoms with Crippen molar-refractivity contribution in [2.45, 2.75) is 38.1 Å². The molecular formula is C11H19NO2. The predicted molar refractivity (Wildman–Crippen MR) is 53.5 cm³/mol. The van der Waals surface area contributed by atoms with Gasteiger partial charge in [-0.05, 0) is 37.5 Å². The van der Waals surface area contributed by atoms with Crippen LogP contribution in [0.2, 0.25) is 0 Å². The van der Waals surface area contributed by atoms with Crippen LogP contribution in [0.3, 0.4) is 0 Å². The number of methoxy groups -OCH3 is 1. The van der Waals surface area contributed by atoms with Gasteiger partial charge in [-0.3, -0.25) is 4.79 Å². The standard InChI is InChI=1S/C11H19NO2/c1-14-11(13)9-7-3-2-4-8(6-5-7)10(9)12/h7-10H,2-6,12H2,1H3/t7?,8?,9-,10-/m0/s1. The maximum absolute atomic E-state index is 11.6. The molecule has 0 radical (unpaired) electrons. The van der Waals surface area contributed by atoms with E-state index in [2.05, 4.69) is 0 Å². The molecule has 3 saturated carbocycles. The Kier molecular flexibility index (Phi) is 2.77. The molecule has 2 bridgehead atoms. The minimum absolute atomic E-state index is 0.0266. The summed E-state index contributed by atoms with van der Waals surface area (Å²) in [5, 5.41) is 0. The molecule has 0 aromatic heterocycles. The molecule has 0 amide bonds. The summed E-state index contributed by atoms with van der Waals surface area (Å²) in [4.78, 5) is 11.6. The fourth-order valence-electron chi connectivity index (χ4n) is 3.20. The van der Waals surface area contributed by atoms with E-state index in [9.17, 15) is 4.79 Å². The molecule has 3 fully saturated rings. The maximum atomic E-state index is 11.6. The summed E-state index contributed by atoms with van der Waals surface area (Å²) in [5.74, 6) is 0.921. The highest BCUT2D eigenvalue weighted by molar-refractivity contribution is 5.73. The number of nitrogens with two attached hydrogens (primary N) is 1. The van der Waals surface area contributed by atoms with Gasteiger partial charge in [-0.2, -0.15) is 0 Å². The summed E-state index contributed by atoms with van der Waals surface area (Å²) in [6.07, 6.45) is 5.96. The summed E-state index contributed by atoms with van der Waals surface area (Å²) in [6.45, 7) is 0. The van der Waals surface area contributed by atoms with E-state index in [1.165, 1.54) is 26.4 Å². The molecule has 3 heteroatoms. The van der Waals surface area contributed by atoms with E-state index >= 15 is 0 Å². The Labute approximate surface area is 85.0 Å². The first-order chi connectivity index (χ1) is 6.74. The summed E-state index contributed by atoms with van der Waals surface area (Å²) < 4.78 is 4.85. The number of esters is 1. The molecule has 3 aliphatic rings. The molecule has 14 heavy (non-hydrogen) atoms. The normalized spacial score (nSPS) is 41.9. The van der Waals surface area contributed by atoms with Crippen LogP contribution in [0.5, 0.6) is 0 Å². The van der Waals surface area contributed by atoms with E-state index in [0.717, 1.165) is 12.8 Å². The van der Waals surface area contributed by atoms with Crippen molar-refractivity contribution >= 4 is 5.97 Å². The van der Waals surface area contributed by atoms with Gasteiger partial charge < -0.3 is 10.5 Å². The number of carbonyl (C=O) groups is 1. The van der Waals surface area contributed by atoms with Crippen LogP contribution in [0.4, 0.5) is 0 Å². The second-order valence-electron chi connectivity index (χ2n) is 4.65. The van der Waals surface area contributed by atoms with Gasteiger partial charge in [-0.25, -0.2) is 0 Å². The van der Waals surface area contributed by atoms with Crippen LogP contribution < -0.4 is 5.73 Å². The van der Waals surface area contributed by atoms with Crippen molar-refractivity contribution in [2.24, 2.45) is 23.5 Å². The summed E-state index contributed by atoms with van der Waals surface area (Å²) in [6, 6.07) is 0.0451. The quantitative estimate of drug-likeness (QED) is 0.645. The van der Waals surface area contributed by atoms with Crippen LogP contribution in [0.15, 0.2) is 0 Å². The molecule has 4 atom stereocenters. The molecule has 0 heterocycles. The van der Waals surface area contributed by atoms with Gasteiger partial charge in [0, 0.05) is 6.04 Å². The third-order valence-electron chi connectivity index (χ3n) is 4.00. The SMILES string of the molecule is COC(=O)[C@H]1C2CCCC(CC2)[C@@H]1N. The lowest BCUT2D eigenvalue weighted by Crippen LogP contribution is -2.47. The van der Waals surface area contributed by atoms with E-state index in [1.54, 1.807) is 0 Å². The lowest BCUT2D eigenvalue weighted by atomic mass is 9.72. The first-order valence-electron chi connectivity index (χ1n) is 5.57. The fourth-order valence-corrected chi connectivity index (χ4v) is 3.20. The highest BCUT2D eigenvalue weighted by Crippen LogP contribution is 2.42. The zero-order valence-corrected chi connectivity index (χ0v) is 8.74. The predicted octanol–water partition coefficient (Wildman–Crippen LogP) is 1.31. The lowest BCUT2D eigenvalue weighted by molar-refractivity contribution is -0.150. The van der Waals surface area contributed by atoms with Crippen molar-refractivity contribution in [1.29, 1.82) is 0 Å². The van der Waals surface area contributed by atoms with Crippen LogP contribution in [0.25, 0.3) is 0 Å². The minimum Gasteiger partial charge on any atom is -0.469 e. The molecule has 0 aliphatic heterocycles. The van der Waals surface area contributed by atoms with Gasteiger partial charge in [0.2, 0.25) is 0 Å². The van der Waals surface area contributed by atoms with E-state index in [4.69, 9.17) is 10.5 Å². The molecule has 80 valence electrons. The minimum atomic E-state index is -0.0888. The van der Waals surface area contributed by atoms with E-state index < -0.39 is 0 Å². The number of rotatable bonds is 1. The lowest BCUT2D eigenvalue weighted by Gasteiger charge is -2.36. The Morgan fingerprint density at radius 2 is 1.86 bits per heavy atom. The van der Waals surface area contributed by atoms with Crippen LogP contribution in [0.1, 0.15) is 32.1 Å². The number of carbonyl (C=O) groups excluding carboxylic acids is 1. The van der Waals surface area contributed by atoms with Gasteiger partial charge in [0.25, 0.3) is 0 Å². The van der Waals surface area contributed by atoms with Gasteiger partial charge in [-0.15, -0.1) is 0 Å². The smallest absolute Gasteiger partial charge is 0.310 e. The van der Waals surface area contributed by atoms with Crippen LogP contribution in [-0.2, 0) is 9.53 Å². The Balaban J connectivity index is 2.18. The molecule has 0 saturated heterocycles. The Hall–Kier alpha value is -0.570. The molecule has 3 aliphatic carbocycles. The third kappa shape index (κ3) is 1.54. The van der Waals surface area contributed by atoms with Crippen molar-refractivity contribution in [2.75, 3.05) is 7.11 Å². The van der Waals surface area contributed by atoms with E-state index in [-0.39, 0.29) is 17.9 Å². The highest BCUT2D eigenvalue weighted by Gasteiger charge is 2.43. The van der Waals surface area contributed by atoms with Crippen LogP contribution in [-0.4, -0.2) is 19.1 Å². The second-order valence-corrected chi connectivity index (χ2v) is 4.65. The Morgan fingerprint density at radius 1 is 1.21 bits per heavy atom. The van der Waals surface area contributed by atoms with Crippen molar-refractivity contribution in [3.8, 4) is 0 Å². The first-order valence-corrected chi connectivity index (χ1v) is 5.57. The maximum Gasteiger partial charge on any atom is 0.310 e. The summed E-state index contributed by atoms with van der Waals surface area (Å²) in [7, 11) is 1.47. The Morgan fingerprint density at radius 3 is 2.57 bits per heavy atom. The first kappa shape index (κ1) is 9.97. The average Bonchev–Trinajstić information content (AvgIpc) is 2.50. The molecule has 0 aromatic rings. The van der Waals surface area contributed by atoms with Gasteiger partial charge in [0.1, 0.15) is 0 Å². The van der Waals surface area contributed by atoms with Crippen molar-refractivity contribution < 1.29 is 9.53 Å². The summed E-state index contributed by atoms with van der Waals surface area (Å²) in [5.41, 5.74) is 6.14. The largest absolute Gasteiger partial charge is 0.469 e. The number of fused-ring (bicyclic) bond motifs is 4. The van der Waals surface area contributed by atoms with E-state index in [0.29, 0.717) is 11.8 Å². The van der Waals surface area contributed by atoms with E-state index in [1.807, 2.05) is 0 Å². The van der Waals surface area contributed by atoms with Crippen molar-refractivity contribution in [3.05, 3.63) is 0 Å². The van der Waals surface area contributed by atoms with Crippen LogP contribution >= 0.6 is 0 Å². The molecule has 3 rings (SSSR count). The number of ether oxygens (including phenoxy) is 1. The molecule has 0 aromatic carbocycles. The highest BCUT2D eigenvalue weighted by atomic mass is 16.5. The van der Waals surface area contributed by atoms with Gasteiger partial charge in [0.05, 0.1) is 13.0 Å². The number of hydrogen-bond acceptors (Lipinski definition) is 3. The molecule has 2 unspecified atom stereocenters. The third-order valence-corrected chi connectivity index (χ3v) is 4.00. The molecule has 3 nitrogen and oxygen atoms in total. The van der Waals surface area contributed by atoms with Crippen LogP contribution in [0, 0.1) is 17.8 Å².